The zero-order chi connectivity index (χ0) is 15.2. The maximum Gasteiger partial charge on any atom is 0.231 e. The summed E-state index contributed by atoms with van der Waals surface area (Å²) in [5.74, 6) is 1.92. The lowest BCUT2D eigenvalue weighted by molar-refractivity contribution is 0.289. The Balaban J connectivity index is 1.94. The van der Waals surface area contributed by atoms with Gasteiger partial charge in [0.05, 0.1) is 0 Å². The minimum atomic E-state index is 0.619. The molecule has 1 aliphatic carbocycles. The standard InChI is InChI=1S/C14H27N7/c1-5-15-12-17-13(19-14(18-12)20(3)4)16-9-10-21(6-2)11-7-8-11/h11H,5-10H2,1-4H3,(H2,15,16,17,18,19). The quantitative estimate of drug-likeness (QED) is 0.710. The second-order valence-corrected chi connectivity index (χ2v) is 5.49. The van der Waals surface area contributed by atoms with Crippen LogP contribution in [0.1, 0.15) is 26.7 Å². The van der Waals surface area contributed by atoms with Crippen molar-refractivity contribution in [2.24, 2.45) is 0 Å². The molecule has 0 spiro atoms. The van der Waals surface area contributed by atoms with E-state index in [0.717, 1.165) is 32.2 Å². The van der Waals surface area contributed by atoms with E-state index in [1.165, 1.54) is 12.8 Å². The molecule has 1 aliphatic rings. The van der Waals surface area contributed by atoms with Crippen LogP contribution in [0.3, 0.4) is 0 Å². The summed E-state index contributed by atoms with van der Waals surface area (Å²) in [6.07, 6.45) is 2.68. The van der Waals surface area contributed by atoms with Crippen molar-refractivity contribution in [3.63, 3.8) is 0 Å². The van der Waals surface area contributed by atoms with E-state index in [1.54, 1.807) is 0 Å². The third-order valence-electron chi connectivity index (χ3n) is 3.51. The van der Waals surface area contributed by atoms with Crippen LogP contribution >= 0.6 is 0 Å². The highest BCUT2D eigenvalue weighted by molar-refractivity contribution is 5.42. The van der Waals surface area contributed by atoms with Gasteiger partial charge in [0.2, 0.25) is 17.8 Å². The van der Waals surface area contributed by atoms with Gasteiger partial charge < -0.3 is 15.5 Å². The number of likely N-dealkylation sites (N-methyl/N-ethyl adjacent to an activating group) is 1. The molecule has 7 nitrogen and oxygen atoms in total. The highest BCUT2D eigenvalue weighted by Crippen LogP contribution is 2.25. The first-order valence-electron chi connectivity index (χ1n) is 7.79. The fraction of sp³-hybridized carbons (Fsp3) is 0.786. The minimum absolute atomic E-state index is 0.619. The van der Waals surface area contributed by atoms with Gasteiger partial charge in [0, 0.05) is 39.8 Å². The molecule has 0 aliphatic heterocycles. The van der Waals surface area contributed by atoms with Crippen LogP contribution in [-0.2, 0) is 0 Å². The van der Waals surface area contributed by atoms with Gasteiger partial charge in [-0.2, -0.15) is 15.0 Å². The van der Waals surface area contributed by atoms with Crippen molar-refractivity contribution in [1.29, 1.82) is 0 Å². The normalized spacial score (nSPS) is 14.3. The molecule has 0 radical (unpaired) electrons. The van der Waals surface area contributed by atoms with Crippen LogP contribution in [0.15, 0.2) is 0 Å². The van der Waals surface area contributed by atoms with Gasteiger partial charge in [0.1, 0.15) is 0 Å². The van der Waals surface area contributed by atoms with Gasteiger partial charge in [0.25, 0.3) is 0 Å². The Morgan fingerprint density at radius 2 is 1.71 bits per heavy atom. The molecule has 118 valence electrons. The predicted octanol–water partition coefficient (Wildman–Crippen LogP) is 1.27. The fourth-order valence-corrected chi connectivity index (χ4v) is 2.23. The van der Waals surface area contributed by atoms with Crippen LogP contribution in [0.2, 0.25) is 0 Å². The van der Waals surface area contributed by atoms with Crippen molar-refractivity contribution in [2.75, 3.05) is 55.8 Å². The van der Waals surface area contributed by atoms with E-state index in [0.29, 0.717) is 17.8 Å². The number of nitrogens with zero attached hydrogens (tertiary/aromatic N) is 5. The topological polar surface area (TPSA) is 69.2 Å². The Morgan fingerprint density at radius 3 is 2.24 bits per heavy atom. The van der Waals surface area contributed by atoms with E-state index >= 15 is 0 Å². The van der Waals surface area contributed by atoms with Crippen molar-refractivity contribution >= 4 is 17.8 Å². The number of hydrogen-bond acceptors (Lipinski definition) is 7. The first kappa shape index (κ1) is 15.8. The van der Waals surface area contributed by atoms with E-state index in [1.807, 2.05) is 25.9 Å². The average molecular weight is 293 g/mol. The summed E-state index contributed by atoms with van der Waals surface area (Å²) < 4.78 is 0. The third-order valence-corrected chi connectivity index (χ3v) is 3.51. The van der Waals surface area contributed by atoms with Gasteiger partial charge in [-0.3, -0.25) is 4.90 Å². The van der Waals surface area contributed by atoms with Gasteiger partial charge in [-0.15, -0.1) is 0 Å². The van der Waals surface area contributed by atoms with Crippen molar-refractivity contribution in [3.8, 4) is 0 Å². The Bertz CT molecular complexity index is 445. The lowest BCUT2D eigenvalue weighted by Crippen LogP contribution is -2.31. The lowest BCUT2D eigenvalue weighted by atomic mass is 10.4. The molecule has 0 atom stereocenters. The van der Waals surface area contributed by atoms with E-state index < -0.39 is 0 Å². The third kappa shape index (κ3) is 4.70. The van der Waals surface area contributed by atoms with Crippen LogP contribution in [-0.4, -0.2) is 66.2 Å². The second-order valence-electron chi connectivity index (χ2n) is 5.49. The van der Waals surface area contributed by atoms with Gasteiger partial charge >= 0.3 is 0 Å². The molecule has 7 heteroatoms. The van der Waals surface area contributed by atoms with E-state index in [4.69, 9.17) is 0 Å². The van der Waals surface area contributed by atoms with Crippen LogP contribution in [0, 0.1) is 0 Å². The maximum atomic E-state index is 4.43. The molecule has 1 heterocycles. The first-order chi connectivity index (χ1) is 10.1. The zero-order valence-corrected chi connectivity index (χ0v) is 13.6. The molecule has 1 fully saturated rings. The minimum Gasteiger partial charge on any atom is -0.354 e. The van der Waals surface area contributed by atoms with Gasteiger partial charge in [-0.05, 0) is 26.3 Å². The molecule has 1 aromatic heterocycles. The van der Waals surface area contributed by atoms with Gasteiger partial charge in [-0.1, -0.05) is 6.92 Å². The van der Waals surface area contributed by atoms with Crippen molar-refractivity contribution < 1.29 is 0 Å². The highest BCUT2D eigenvalue weighted by Gasteiger charge is 2.27. The molecule has 2 rings (SSSR count). The average Bonchev–Trinajstić information content (AvgIpc) is 3.28. The van der Waals surface area contributed by atoms with E-state index in [2.05, 4.69) is 37.4 Å². The molecular formula is C14H27N7. The largest absolute Gasteiger partial charge is 0.354 e. The van der Waals surface area contributed by atoms with Crippen LogP contribution in [0.25, 0.3) is 0 Å². The lowest BCUT2D eigenvalue weighted by Gasteiger charge is -2.20. The number of anilines is 3. The summed E-state index contributed by atoms with van der Waals surface area (Å²) in [7, 11) is 3.86. The fourth-order valence-electron chi connectivity index (χ4n) is 2.23. The van der Waals surface area contributed by atoms with Crippen molar-refractivity contribution in [1.82, 2.24) is 19.9 Å². The Hall–Kier alpha value is -1.63. The van der Waals surface area contributed by atoms with Crippen LogP contribution < -0.4 is 15.5 Å². The molecular weight excluding hydrogens is 266 g/mol. The number of nitrogens with one attached hydrogen (secondary N) is 2. The molecule has 0 amide bonds. The summed E-state index contributed by atoms with van der Waals surface area (Å²) in [6, 6.07) is 0.796. The first-order valence-corrected chi connectivity index (χ1v) is 7.79. The Morgan fingerprint density at radius 1 is 1.05 bits per heavy atom. The predicted molar refractivity (Wildman–Crippen MR) is 87.1 cm³/mol. The summed E-state index contributed by atoms with van der Waals surface area (Å²) >= 11 is 0. The molecule has 1 saturated carbocycles. The molecule has 1 aromatic rings. The summed E-state index contributed by atoms with van der Waals surface area (Å²) in [6.45, 7) is 8.03. The smallest absolute Gasteiger partial charge is 0.231 e. The summed E-state index contributed by atoms with van der Waals surface area (Å²) in [5, 5.41) is 6.46. The second kappa shape index (κ2) is 7.40. The number of hydrogen-bond donors (Lipinski definition) is 2. The molecule has 0 bridgehead atoms. The van der Waals surface area contributed by atoms with Crippen LogP contribution in [0.5, 0.6) is 0 Å². The summed E-state index contributed by atoms with van der Waals surface area (Å²) in [5.41, 5.74) is 0. The van der Waals surface area contributed by atoms with E-state index in [-0.39, 0.29) is 0 Å². The Labute approximate surface area is 127 Å². The number of rotatable bonds is 9. The molecule has 21 heavy (non-hydrogen) atoms. The monoisotopic (exact) mass is 293 g/mol. The Kier molecular flexibility index (Phi) is 5.55. The maximum absolute atomic E-state index is 4.43. The molecule has 0 aromatic carbocycles. The van der Waals surface area contributed by atoms with Gasteiger partial charge in [0.15, 0.2) is 0 Å². The van der Waals surface area contributed by atoms with Crippen LogP contribution in [0.4, 0.5) is 17.8 Å². The highest BCUT2D eigenvalue weighted by atomic mass is 15.3. The molecule has 2 N–H and O–H groups in total. The van der Waals surface area contributed by atoms with Crippen molar-refractivity contribution in [2.45, 2.75) is 32.7 Å². The SMILES string of the molecule is CCNc1nc(NCCN(CC)C2CC2)nc(N(C)C)n1. The molecule has 0 saturated heterocycles. The number of aromatic nitrogens is 3. The zero-order valence-electron chi connectivity index (χ0n) is 13.6. The molecule has 0 unspecified atom stereocenters. The van der Waals surface area contributed by atoms with Gasteiger partial charge in [-0.25, -0.2) is 0 Å². The van der Waals surface area contributed by atoms with Crippen molar-refractivity contribution in [3.05, 3.63) is 0 Å². The summed E-state index contributed by atoms with van der Waals surface area (Å²) in [4.78, 5) is 17.6. The van der Waals surface area contributed by atoms with E-state index in [9.17, 15) is 0 Å².